The summed E-state index contributed by atoms with van der Waals surface area (Å²) in [7, 11) is 1.62. The van der Waals surface area contributed by atoms with E-state index in [1.54, 1.807) is 25.4 Å². The highest BCUT2D eigenvalue weighted by atomic mass is 19.1. The maximum Gasteiger partial charge on any atom is 0.421 e. The first-order valence-corrected chi connectivity index (χ1v) is 11.5. The van der Waals surface area contributed by atoms with Gasteiger partial charge in [0, 0.05) is 37.1 Å². The van der Waals surface area contributed by atoms with Gasteiger partial charge in [0.25, 0.3) is 5.56 Å². The van der Waals surface area contributed by atoms with Crippen LogP contribution in [0.5, 0.6) is 0 Å². The van der Waals surface area contributed by atoms with Gasteiger partial charge >= 0.3 is 6.09 Å². The van der Waals surface area contributed by atoms with Crippen molar-refractivity contribution in [2.75, 3.05) is 26.4 Å². The number of cyclic esters (lactones) is 1. The van der Waals surface area contributed by atoms with Crippen molar-refractivity contribution in [3.05, 3.63) is 70.2 Å². The van der Waals surface area contributed by atoms with Gasteiger partial charge in [0.15, 0.2) is 5.84 Å². The summed E-state index contributed by atoms with van der Waals surface area (Å²) in [5, 5.41) is 7.02. The van der Waals surface area contributed by atoms with Gasteiger partial charge in [-0.2, -0.15) is 0 Å². The number of amidine groups is 1. The molecular formula is C25H29FN6O4. The average molecular weight is 497 g/mol. The molecule has 2 N–H and O–H groups in total. The van der Waals surface area contributed by atoms with Crippen molar-refractivity contribution >= 4 is 29.0 Å². The molecule has 190 valence electrons. The van der Waals surface area contributed by atoms with Crippen LogP contribution in [0.2, 0.25) is 0 Å². The molecule has 1 aromatic heterocycles. The number of ether oxygens (including phenoxy) is 2. The number of rotatable bonds is 4. The highest BCUT2D eigenvalue weighted by Crippen LogP contribution is 2.21. The third kappa shape index (κ3) is 5.62. The lowest BCUT2D eigenvalue weighted by Gasteiger charge is -2.27. The molecule has 1 fully saturated rings. The fourth-order valence-electron chi connectivity index (χ4n) is 4.12. The predicted octanol–water partition coefficient (Wildman–Crippen LogP) is 2.40. The topological polar surface area (TPSA) is 110 Å². The molecule has 0 radical (unpaired) electrons. The van der Waals surface area contributed by atoms with Crippen molar-refractivity contribution in [3.8, 4) is 0 Å². The van der Waals surface area contributed by atoms with E-state index < -0.39 is 11.8 Å². The molecule has 2 aliphatic rings. The molecule has 11 heteroatoms. The molecule has 2 aliphatic heterocycles. The Morgan fingerprint density at radius 2 is 2.06 bits per heavy atom. The van der Waals surface area contributed by atoms with Crippen molar-refractivity contribution in [3.63, 3.8) is 0 Å². The van der Waals surface area contributed by atoms with Crippen molar-refractivity contribution in [2.24, 2.45) is 17.0 Å². The lowest BCUT2D eigenvalue weighted by molar-refractivity contribution is 0.157. The first-order chi connectivity index (χ1) is 17.1. The number of amides is 1. The first kappa shape index (κ1) is 25.1. The van der Waals surface area contributed by atoms with E-state index >= 15 is 0 Å². The number of carbonyl (C=O) groups excluding carboxylic acids is 1. The Hall–Kier alpha value is -3.99. The van der Waals surface area contributed by atoms with Gasteiger partial charge in [0.2, 0.25) is 0 Å². The monoisotopic (exact) mass is 496 g/mol. The summed E-state index contributed by atoms with van der Waals surface area (Å²) in [5.74, 6) is 0.316. The van der Waals surface area contributed by atoms with Gasteiger partial charge in [-0.1, -0.05) is 6.58 Å². The van der Waals surface area contributed by atoms with Crippen molar-refractivity contribution in [2.45, 2.75) is 25.9 Å². The number of pyridine rings is 1. The van der Waals surface area contributed by atoms with Crippen molar-refractivity contribution < 1.29 is 18.7 Å². The normalized spacial score (nSPS) is 21.6. The summed E-state index contributed by atoms with van der Waals surface area (Å²) in [6.07, 6.45) is 2.79. The first-order valence-electron chi connectivity index (χ1n) is 11.5. The molecule has 0 saturated carbocycles. The van der Waals surface area contributed by atoms with E-state index in [-0.39, 0.29) is 24.7 Å². The van der Waals surface area contributed by atoms with Crippen LogP contribution >= 0.6 is 0 Å². The Balaban J connectivity index is 1.45. The number of nitrogens with zero attached hydrogens (tertiary/aromatic N) is 4. The number of halogens is 1. The van der Waals surface area contributed by atoms with Gasteiger partial charge in [-0.05, 0) is 43.9 Å². The standard InChI is InChI=1S/C25H29FN6O4/c1-16-14-35-15-28-12-21(30-25(2,3)29-16)32-13-18(36-24(32)34)11-27-10-9-19-20(26)7-5-17-6-8-22(33)31(4)23(17)19/h5-8,11-12,27,29H,1,9-10,13-15H2,2-4H3/b18-11-,28-12-,30-21+. The number of nitrogens with one attached hydrogen (secondary N) is 2. The van der Waals surface area contributed by atoms with Gasteiger partial charge < -0.3 is 24.7 Å². The Bertz CT molecular complexity index is 1340. The van der Waals surface area contributed by atoms with Crippen LogP contribution in [0.25, 0.3) is 10.9 Å². The molecule has 0 atom stereocenters. The smallest absolute Gasteiger partial charge is 0.411 e. The van der Waals surface area contributed by atoms with E-state index in [4.69, 9.17) is 9.47 Å². The molecule has 0 unspecified atom stereocenters. The SMILES string of the molecule is C=C1COC/N=C\C(N2C/C(=C/NCCc3c(F)ccc4ccc(=O)n(C)c34)OC2=O)=N/C(C)(C)N1. The predicted molar refractivity (Wildman–Crippen MR) is 135 cm³/mol. The molecule has 1 saturated heterocycles. The second-order valence-corrected chi connectivity index (χ2v) is 9.01. The molecule has 1 aromatic carbocycles. The number of hydrogen-bond donors (Lipinski definition) is 2. The van der Waals surface area contributed by atoms with Crippen LogP contribution in [0, 0.1) is 5.82 Å². The summed E-state index contributed by atoms with van der Waals surface area (Å²) in [5.41, 5.74) is 0.688. The number of aliphatic imine (C=N–C) groups is 2. The van der Waals surface area contributed by atoms with Crippen LogP contribution in [0.15, 0.2) is 63.3 Å². The maximum atomic E-state index is 14.6. The molecule has 1 amide bonds. The molecule has 36 heavy (non-hydrogen) atoms. The van der Waals surface area contributed by atoms with Crippen LogP contribution in [0.1, 0.15) is 19.4 Å². The van der Waals surface area contributed by atoms with E-state index in [0.29, 0.717) is 47.9 Å². The Labute approximate surface area is 207 Å². The molecule has 3 heterocycles. The zero-order valence-electron chi connectivity index (χ0n) is 20.5. The van der Waals surface area contributed by atoms with Crippen LogP contribution < -0.4 is 16.2 Å². The number of aryl methyl sites for hydroxylation is 1. The fraction of sp³-hybridized carbons (Fsp3) is 0.360. The number of hydrogen-bond acceptors (Lipinski definition) is 8. The third-order valence-electron chi connectivity index (χ3n) is 5.67. The third-order valence-corrected chi connectivity index (χ3v) is 5.67. The van der Waals surface area contributed by atoms with E-state index in [2.05, 4.69) is 27.2 Å². The maximum absolute atomic E-state index is 14.6. The minimum atomic E-state index is -0.757. The number of carbonyl (C=O) groups is 1. The van der Waals surface area contributed by atoms with Gasteiger partial charge in [-0.3, -0.25) is 14.7 Å². The molecule has 0 spiro atoms. The van der Waals surface area contributed by atoms with E-state index in [0.717, 1.165) is 5.39 Å². The van der Waals surface area contributed by atoms with E-state index in [1.165, 1.54) is 27.8 Å². The van der Waals surface area contributed by atoms with Gasteiger partial charge in [-0.25, -0.2) is 14.2 Å². The zero-order valence-corrected chi connectivity index (χ0v) is 20.5. The average Bonchev–Trinajstić information content (AvgIpc) is 3.18. The van der Waals surface area contributed by atoms with Crippen molar-refractivity contribution in [1.82, 2.24) is 20.1 Å². The lowest BCUT2D eigenvalue weighted by Crippen LogP contribution is -2.42. The Morgan fingerprint density at radius 3 is 2.86 bits per heavy atom. The largest absolute Gasteiger partial charge is 0.421 e. The molecule has 4 rings (SSSR count). The van der Waals surface area contributed by atoms with Crippen molar-refractivity contribution in [1.29, 1.82) is 0 Å². The summed E-state index contributed by atoms with van der Waals surface area (Å²) in [6, 6.07) is 6.20. The van der Waals surface area contributed by atoms with Crippen LogP contribution in [-0.4, -0.2) is 59.7 Å². The highest BCUT2D eigenvalue weighted by molar-refractivity contribution is 6.32. The Kier molecular flexibility index (Phi) is 7.20. The second-order valence-electron chi connectivity index (χ2n) is 9.01. The fourth-order valence-corrected chi connectivity index (χ4v) is 4.12. The molecule has 10 nitrogen and oxygen atoms in total. The van der Waals surface area contributed by atoms with E-state index in [9.17, 15) is 14.0 Å². The number of benzene rings is 1. The van der Waals surface area contributed by atoms with Crippen LogP contribution in [0.4, 0.5) is 9.18 Å². The van der Waals surface area contributed by atoms with Crippen LogP contribution in [0.3, 0.4) is 0 Å². The highest BCUT2D eigenvalue weighted by Gasteiger charge is 2.32. The minimum Gasteiger partial charge on any atom is -0.411 e. The summed E-state index contributed by atoms with van der Waals surface area (Å²) in [6.45, 7) is 8.50. The number of aromatic nitrogens is 1. The molecule has 0 bridgehead atoms. The summed E-state index contributed by atoms with van der Waals surface area (Å²) >= 11 is 0. The van der Waals surface area contributed by atoms with Gasteiger partial charge in [0.05, 0.1) is 24.9 Å². The van der Waals surface area contributed by atoms with Gasteiger partial charge in [0.1, 0.15) is 24.0 Å². The molecule has 2 aromatic rings. The minimum absolute atomic E-state index is 0.101. The molecular weight excluding hydrogens is 467 g/mol. The Morgan fingerprint density at radius 1 is 1.28 bits per heavy atom. The number of fused-ring (bicyclic) bond motifs is 1. The lowest BCUT2D eigenvalue weighted by atomic mass is 10.1. The second kappa shape index (κ2) is 10.3. The molecule has 0 aliphatic carbocycles. The quantitative estimate of drug-likeness (QED) is 0.630. The zero-order chi connectivity index (χ0) is 25.9. The summed E-state index contributed by atoms with van der Waals surface area (Å²) in [4.78, 5) is 34.8. The van der Waals surface area contributed by atoms with Crippen LogP contribution in [-0.2, 0) is 22.9 Å². The summed E-state index contributed by atoms with van der Waals surface area (Å²) < 4.78 is 26.8. The van der Waals surface area contributed by atoms with E-state index in [1.807, 2.05) is 13.8 Å². The van der Waals surface area contributed by atoms with Gasteiger partial charge in [-0.15, -0.1) is 0 Å².